The Morgan fingerprint density at radius 3 is 1.55 bits per heavy atom. The van der Waals surface area contributed by atoms with Gasteiger partial charge in [-0.25, -0.2) is 4.79 Å². The van der Waals surface area contributed by atoms with E-state index in [1.165, 1.54) is 64.2 Å². The highest BCUT2D eigenvalue weighted by molar-refractivity contribution is 5.76. The van der Waals surface area contributed by atoms with Gasteiger partial charge in [-0.3, -0.25) is 0 Å². The minimum Gasteiger partial charge on any atom is -0.477 e. The first kappa shape index (κ1) is 21.4. The van der Waals surface area contributed by atoms with Gasteiger partial charge in [-0.15, -0.1) is 0 Å². The molecule has 0 aliphatic rings. The lowest BCUT2D eigenvalue weighted by atomic mass is 9.99. The number of carboxylic acids is 1. The average Bonchev–Trinajstić information content (AvgIpc) is 2.44. The Labute approximate surface area is 138 Å². The maximum Gasteiger partial charge on any atom is 0.365 e. The molecule has 0 unspecified atom stereocenters. The zero-order valence-corrected chi connectivity index (χ0v) is 15.8. The topological polar surface area (TPSA) is 37.3 Å². The fourth-order valence-electron chi connectivity index (χ4n) is 2.71. The molecule has 0 aliphatic heterocycles. The van der Waals surface area contributed by atoms with Crippen LogP contribution in [-0.2, 0) is 4.79 Å². The standard InChI is InChI=1S/C19H39NO2/c1-6-7-8-9-10-11-12-13-14-15-16-17-20(4,5)19(2,3)18(21)22/h6-17H2,1-5H3/p+1. The van der Waals surface area contributed by atoms with Gasteiger partial charge in [0.25, 0.3) is 0 Å². The monoisotopic (exact) mass is 314 g/mol. The number of hydrogen-bond donors (Lipinski definition) is 1. The van der Waals surface area contributed by atoms with Gasteiger partial charge < -0.3 is 9.59 Å². The van der Waals surface area contributed by atoms with Crippen LogP contribution in [0.5, 0.6) is 0 Å². The fraction of sp³-hybridized carbons (Fsp3) is 0.947. The molecule has 0 atom stereocenters. The molecule has 0 aromatic carbocycles. The van der Waals surface area contributed by atoms with E-state index < -0.39 is 11.5 Å². The lowest BCUT2D eigenvalue weighted by molar-refractivity contribution is -0.928. The molecular formula is C19H40NO2+. The Bertz CT molecular complexity index is 298. The van der Waals surface area contributed by atoms with Crippen molar-refractivity contribution >= 4 is 5.97 Å². The largest absolute Gasteiger partial charge is 0.477 e. The number of carbonyl (C=O) groups is 1. The first-order valence-electron chi connectivity index (χ1n) is 9.32. The molecule has 0 bridgehead atoms. The number of rotatable bonds is 14. The Hall–Kier alpha value is -0.570. The van der Waals surface area contributed by atoms with E-state index in [1.807, 2.05) is 27.9 Å². The summed E-state index contributed by atoms with van der Waals surface area (Å²) in [7, 11) is 4.06. The number of hydrogen-bond acceptors (Lipinski definition) is 1. The van der Waals surface area contributed by atoms with Gasteiger partial charge in [0, 0.05) is 13.8 Å². The molecule has 22 heavy (non-hydrogen) atoms. The van der Waals surface area contributed by atoms with E-state index >= 15 is 0 Å². The third kappa shape index (κ3) is 8.17. The van der Waals surface area contributed by atoms with Gasteiger partial charge in [-0.1, -0.05) is 64.7 Å². The molecule has 0 saturated heterocycles. The molecule has 0 saturated carbocycles. The van der Waals surface area contributed by atoms with Gasteiger partial charge in [0.05, 0.1) is 20.6 Å². The quantitative estimate of drug-likeness (QED) is 0.352. The molecule has 0 aliphatic carbocycles. The zero-order valence-electron chi connectivity index (χ0n) is 15.8. The van der Waals surface area contributed by atoms with Crippen molar-refractivity contribution in [3.05, 3.63) is 0 Å². The van der Waals surface area contributed by atoms with Crippen molar-refractivity contribution in [1.82, 2.24) is 0 Å². The van der Waals surface area contributed by atoms with Crippen molar-refractivity contribution in [3.8, 4) is 0 Å². The minimum atomic E-state index is -0.710. The van der Waals surface area contributed by atoms with E-state index in [0.717, 1.165) is 13.0 Å². The summed E-state index contributed by atoms with van der Waals surface area (Å²) in [4.78, 5) is 11.4. The third-order valence-corrected chi connectivity index (χ3v) is 5.36. The molecule has 0 heterocycles. The summed E-state index contributed by atoms with van der Waals surface area (Å²) in [6, 6.07) is 0. The van der Waals surface area contributed by atoms with Crippen molar-refractivity contribution in [2.75, 3.05) is 20.6 Å². The predicted molar refractivity (Wildman–Crippen MR) is 95.2 cm³/mol. The summed E-state index contributed by atoms with van der Waals surface area (Å²) in [6.45, 7) is 6.86. The van der Waals surface area contributed by atoms with Gasteiger partial charge in [-0.05, 0) is 12.8 Å². The van der Waals surface area contributed by atoms with Crippen LogP contribution in [0, 0.1) is 0 Å². The zero-order chi connectivity index (χ0) is 17.1. The fourth-order valence-corrected chi connectivity index (χ4v) is 2.71. The molecule has 0 spiro atoms. The normalized spacial score (nSPS) is 12.6. The Balaban J connectivity index is 3.59. The predicted octanol–water partition coefficient (Wildman–Crippen LogP) is 5.24. The van der Waals surface area contributed by atoms with E-state index in [-0.39, 0.29) is 0 Å². The molecule has 3 nitrogen and oxygen atoms in total. The lowest BCUT2D eigenvalue weighted by Crippen LogP contribution is -2.60. The second kappa shape index (κ2) is 11.0. The number of aliphatic carboxylic acids is 1. The molecule has 3 heteroatoms. The maximum absolute atomic E-state index is 11.4. The van der Waals surface area contributed by atoms with E-state index in [0.29, 0.717) is 4.48 Å². The smallest absolute Gasteiger partial charge is 0.365 e. The third-order valence-electron chi connectivity index (χ3n) is 5.36. The van der Waals surface area contributed by atoms with Crippen molar-refractivity contribution in [2.24, 2.45) is 0 Å². The van der Waals surface area contributed by atoms with Crippen LogP contribution in [0.25, 0.3) is 0 Å². The lowest BCUT2D eigenvalue weighted by Gasteiger charge is -2.41. The summed E-state index contributed by atoms with van der Waals surface area (Å²) in [5, 5.41) is 9.34. The maximum atomic E-state index is 11.4. The van der Waals surface area contributed by atoms with Crippen LogP contribution in [0.15, 0.2) is 0 Å². The van der Waals surface area contributed by atoms with Crippen LogP contribution >= 0.6 is 0 Å². The molecule has 0 aromatic rings. The second-order valence-corrected chi connectivity index (χ2v) is 7.81. The van der Waals surface area contributed by atoms with Crippen LogP contribution in [0.1, 0.15) is 91.4 Å². The summed E-state index contributed by atoms with van der Waals surface area (Å²) in [5.74, 6) is -0.708. The number of likely N-dealkylation sites (N-methyl/N-ethyl adjacent to an activating group) is 1. The van der Waals surface area contributed by atoms with E-state index in [1.54, 1.807) is 0 Å². The molecule has 0 amide bonds. The minimum absolute atomic E-state index is 0.555. The first-order chi connectivity index (χ1) is 10.3. The average molecular weight is 315 g/mol. The highest BCUT2D eigenvalue weighted by atomic mass is 16.4. The summed E-state index contributed by atoms with van der Waals surface area (Å²) in [5.41, 5.74) is -0.710. The summed E-state index contributed by atoms with van der Waals surface area (Å²) >= 11 is 0. The van der Waals surface area contributed by atoms with E-state index in [2.05, 4.69) is 6.92 Å². The molecule has 1 N–H and O–H groups in total. The highest BCUT2D eigenvalue weighted by Gasteiger charge is 2.43. The number of carboxylic acid groups (broad SMARTS) is 1. The van der Waals surface area contributed by atoms with Crippen molar-refractivity contribution in [1.29, 1.82) is 0 Å². The van der Waals surface area contributed by atoms with Crippen LogP contribution in [-0.4, -0.2) is 41.7 Å². The molecule has 0 radical (unpaired) electrons. The number of unbranched alkanes of at least 4 members (excludes halogenated alkanes) is 10. The van der Waals surface area contributed by atoms with Crippen molar-refractivity contribution < 1.29 is 14.4 Å². The molecule has 0 aromatic heterocycles. The van der Waals surface area contributed by atoms with Gasteiger partial charge in [-0.2, -0.15) is 0 Å². The molecule has 0 fully saturated rings. The van der Waals surface area contributed by atoms with Crippen LogP contribution < -0.4 is 0 Å². The van der Waals surface area contributed by atoms with Crippen LogP contribution in [0.4, 0.5) is 0 Å². The molecule has 0 rings (SSSR count). The van der Waals surface area contributed by atoms with Crippen LogP contribution in [0.2, 0.25) is 0 Å². The van der Waals surface area contributed by atoms with Gasteiger partial charge in [0.1, 0.15) is 0 Å². The highest BCUT2D eigenvalue weighted by Crippen LogP contribution is 2.22. The van der Waals surface area contributed by atoms with E-state index in [4.69, 9.17) is 0 Å². The first-order valence-corrected chi connectivity index (χ1v) is 9.32. The second-order valence-electron chi connectivity index (χ2n) is 7.81. The van der Waals surface area contributed by atoms with Gasteiger partial charge in [0.2, 0.25) is 0 Å². The summed E-state index contributed by atoms with van der Waals surface area (Å²) in [6.07, 6.45) is 14.7. The van der Waals surface area contributed by atoms with Crippen molar-refractivity contribution in [2.45, 2.75) is 96.9 Å². The van der Waals surface area contributed by atoms with Gasteiger partial charge in [0.15, 0.2) is 5.54 Å². The van der Waals surface area contributed by atoms with E-state index in [9.17, 15) is 9.90 Å². The molecular weight excluding hydrogens is 274 g/mol. The van der Waals surface area contributed by atoms with Gasteiger partial charge >= 0.3 is 5.97 Å². The Morgan fingerprint density at radius 2 is 1.18 bits per heavy atom. The number of nitrogens with zero attached hydrogens (tertiary/aromatic N) is 1. The Morgan fingerprint density at radius 1 is 0.818 bits per heavy atom. The Kier molecular flexibility index (Phi) is 10.8. The van der Waals surface area contributed by atoms with Crippen molar-refractivity contribution in [3.63, 3.8) is 0 Å². The summed E-state index contributed by atoms with van der Waals surface area (Å²) < 4.78 is 0.555. The SMILES string of the molecule is CCCCCCCCCCCCC[N+](C)(C)C(C)(C)C(=O)O. The molecule has 132 valence electrons. The number of quaternary nitrogens is 1. The van der Waals surface area contributed by atoms with Crippen LogP contribution in [0.3, 0.4) is 0 Å².